The predicted molar refractivity (Wildman–Crippen MR) is 81.3 cm³/mol. The van der Waals surface area contributed by atoms with E-state index in [0.29, 0.717) is 0 Å². The third kappa shape index (κ3) is 5.23. The van der Waals surface area contributed by atoms with Gasteiger partial charge in [0.25, 0.3) is 0 Å². The van der Waals surface area contributed by atoms with Crippen molar-refractivity contribution in [3.8, 4) is 5.75 Å². The molecule has 2 nitrogen and oxygen atoms in total. The molecule has 0 atom stereocenters. The van der Waals surface area contributed by atoms with Gasteiger partial charge in [-0.2, -0.15) is 0 Å². The van der Waals surface area contributed by atoms with Crippen LogP contribution in [0.5, 0.6) is 5.75 Å². The van der Waals surface area contributed by atoms with Crippen molar-refractivity contribution in [1.29, 1.82) is 0 Å². The van der Waals surface area contributed by atoms with Crippen LogP contribution in [0.4, 0.5) is 0 Å². The lowest BCUT2D eigenvalue weighted by Crippen LogP contribution is -2.13. The standard InChI is InChI=1S/C15H22BrNO/c1-4-17-9-5-6-12(2)10-13-7-8-15(18-3)14(16)11-13/h6-8,11,17H,4-5,9-10H2,1-3H3. The van der Waals surface area contributed by atoms with Crippen molar-refractivity contribution in [2.75, 3.05) is 20.2 Å². The number of rotatable bonds is 7. The molecule has 0 amide bonds. The summed E-state index contributed by atoms with van der Waals surface area (Å²) in [6, 6.07) is 6.25. The van der Waals surface area contributed by atoms with Gasteiger partial charge in [-0.25, -0.2) is 0 Å². The van der Waals surface area contributed by atoms with Crippen molar-refractivity contribution in [3.05, 3.63) is 39.9 Å². The fraction of sp³-hybridized carbons (Fsp3) is 0.467. The third-order valence-electron chi connectivity index (χ3n) is 2.76. The number of hydrogen-bond donors (Lipinski definition) is 1. The minimum Gasteiger partial charge on any atom is -0.496 e. The Labute approximate surface area is 119 Å². The molecule has 0 bridgehead atoms. The zero-order chi connectivity index (χ0) is 13.4. The van der Waals surface area contributed by atoms with Gasteiger partial charge in [0.2, 0.25) is 0 Å². The molecule has 1 rings (SSSR count). The van der Waals surface area contributed by atoms with Crippen LogP contribution in [0.15, 0.2) is 34.3 Å². The summed E-state index contributed by atoms with van der Waals surface area (Å²) in [7, 11) is 1.69. The number of benzene rings is 1. The van der Waals surface area contributed by atoms with Crippen molar-refractivity contribution >= 4 is 15.9 Å². The molecule has 0 aliphatic rings. The summed E-state index contributed by atoms with van der Waals surface area (Å²) in [5, 5.41) is 3.32. The number of methoxy groups -OCH3 is 1. The van der Waals surface area contributed by atoms with E-state index >= 15 is 0 Å². The largest absolute Gasteiger partial charge is 0.496 e. The lowest BCUT2D eigenvalue weighted by molar-refractivity contribution is 0.412. The third-order valence-corrected chi connectivity index (χ3v) is 3.38. The average Bonchev–Trinajstić information content (AvgIpc) is 2.35. The quantitative estimate of drug-likeness (QED) is 0.608. The van der Waals surface area contributed by atoms with Crippen LogP contribution in [-0.2, 0) is 6.42 Å². The summed E-state index contributed by atoms with van der Waals surface area (Å²) in [4.78, 5) is 0. The number of nitrogens with one attached hydrogen (secondary N) is 1. The summed E-state index contributed by atoms with van der Waals surface area (Å²) >= 11 is 3.52. The summed E-state index contributed by atoms with van der Waals surface area (Å²) < 4.78 is 6.24. The fourth-order valence-corrected chi connectivity index (χ4v) is 2.40. The van der Waals surface area contributed by atoms with Crippen molar-refractivity contribution < 1.29 is 4.74 Å². The zero-order valence-electron chi connectivity index (χ0n) is 11.4. The van der Waals surface area contributed by atoms with Gasteiger partial charge in [-0.1, -0.05) is 24.6 Å². The molecule has 1 N–H and O–H groups in total. The first-order chi connectivity index (χ1) is 8.67. The molecule has 0 spiro atoms. The predicted octanol–water partition coefficient (Wildman–Crippen LogP) is 3.95. The summed E-state index contributed by atoms with van der Waals surface area (Å²) in [6.45, 7) is 6.41. The monoisotopic (exact) mass is 311 g/mol. The maximum absolute atomic E-state index is 5.23. The van der Waals surface area contributed by atoms with Gasteiger partial charge in [-0.05, 0) is 66.5 Å². The highest BCUT2D eigenvalue weighted by Crippen LogP contribution is 2.26. The van der Waals surface area contributed by atoms with E-state index in [9.17, 15) is 0 Å². The number of allylic oxidation sites excluding steroid dienone is 1. The van der Waals surface area contributed by atoms with Gasteiger partial charge in [0.1, 0.15) is 5.75 Å². The minimum absolute atomic E-state index is 0.882. The second-order valence-corrected chi connectivity index (χ2v) is 5.19. The molecule has 3 heteroatoms. The Kier molecular flexibility index (Phi) is 7.06. The van der Waals surface area contributed by atoms with Crippen molar-refractivity contribution in [2.24, 2.45) is 0 Å². The number of halogens is 1. The summed E-state index contributed by atoms with van der Waals surface area (Å²) in [5.41, 5.74) is 2.71. The van der Waals surface area contributed by atoms with E-state index in [2.05, 4.69) is 53.3 Å². The maximum atomic E-state index is 5.23. The highest BCUT2D eigenvalue weighted by molar-refractivity contribution is 9.10. The van der Waals surface area contributed by atoms with Gasteiger partial charge in [-0.15, -0.1) is 0 Å². The van der Waals surface area contributed by atoms with E-state index in [0.717, 1.165) is 36.2 Å². The number of hydrogen-bond acceptors (Lipinski definition) is 2. The molecule has 18 heavy (non-hydrogen) atoms. The second-order valence-electron chi connectivity index (χ2n) is 4.34. The first kappa shape index (κ1) is 15.3. The molecular formula is C15H22BrNO. The Morgan fingerprint density at radius 3 is 2.83 bits per heavy atom. The SMILES string of the molecule is CCNCCC=C(C)Cc1ccc(OC)c(Br)c1. The lowest BCUT2D eigenvalue weighted by Gasteiger charge is -2.07. The molecular weight excluding hydrogens is 290 g/mol. The van der Waals surface area contributed by atoms with E-state index in [1.807, 2.05) is 6.07 Å². The first-order valence-electron chi connectivity index (χ1n) is 6.36. The van der Waals surface area contributed by atoms with Crippen LogP contribution in [0.25, 0.3) is 0 Å². The molecule has 1 aromatic carbocycles. The van der Waals surface area contributed by atoms with Crippen molar-refractivity contribution in [3.63, 3.8) is 0 Å². The molecule has 100 valence electrons. The van der Waals surface area contributed by atoms with Gasteiger partial charge in [0.05, 0.1) is 11.6 Å². The van der Waals surface area contributed by atoms with E-state index < -0.39 is 0 Å². The van der Waals surface area contributed by atoms with Gasteiger partial charge in [-0.3, -0.25) is 0 Å². The minimum atomic E-state index is 0.882. The van der Waals surface area contributed by atoms with Crippen LogP contribution in [0, 0.1) is 0 Å². The van der Waals surface area contributed by atoms with Crippen LogP contribution in [-0.4, -0.2) is 20.2 Å². The zero-order valence-corrected chi connectivity index (χ0v) is 13.0. The van der Waals surface area contributed by atoms with Crippen molar-refractivity contribution in [1.82, 2.24) is 5.32 Å². The second kappa shape index (κ2) is 8.33. The maximum Gasteiger partial charge on any atom is 0.133 e. The van der Waals surface area contributed by atoms with E-state index in [1.54, 1.807) is 7.11 Å². The molecule has 0 aliphatic carbocycles. The van der Waals surface area contributed by atoms with Crippen LogP contribution in [0.3, 0.4) is 0 Å². The van der Waals surface area contributed by atoms with Crippen molar-refractivity contribution in [2.45, 2.75) is 26.7 Å². The molecule has 0 unspecified atom stereocenters. The molecule has 1 aromatic rings. The van der Waals surface area contributed by atoms with Gasteiger partial charge < -0.3 is 10.1 Å². The van der Waals surface area contributed by atoms with Crippen LogP contribution < -0.4 is 10.1 Å². The molecule has 0 aromatic heterocycles. The smallest absolute Gasteiger partial charge is 0.133 e. The Bertz CT molecular complexity index is 401. The molecule has 0 saturated carbocycles. The Morgan fingerprint density at radius 1 is 1.44 bits per heavy atom. The first-order valence-corrected chi connectivity index (χ1v) is 7.15. The summed E-state index contributed by atoms with van der Waals surface area (Å²) in [6.07, 6.45) is 4.40. The molecule has 0 fully saturated rings. The van der Waals surface area contributed by atoms with Crippen LogP contribution >= 0.6 is 15.9 Å². The van der Waals surface area contributed by atoms with E-state index in [-0.39, 0.29) is 0 Å². The van der Waals surface area contributed by atoms with Gasteiger partial charge >= 0.3 is 0 Å². The van der Waals surface area contributed by atoms with Gasteiger partial charge in [0, 0.05) is 0 Å². The Morgan fingerprint density at radius 2 is 2.22 bits per heavy atom. The normalized spacial score (nSPS) is 11.7. The molecule has 0 aliphatic heterocycles. The molecule has 0 saturated heterocycles. The number of ether oxygens (including phenoxy) is 1. The van der Waals surface area contributed by atoms with Crippen LogP contribution in [0.2, 0.25) is 0 Å². The Balaban J connectivity index is 2.53. The average molecular weight is 312 g/mol. The van der Waals surface area contributed by atoms with Gasteiger partial charge in [0.15, 0.2) is 0 Å². The van der Waals surface area contributed by atoms with Crippen LogP contribution in [0.1, 0.15) is 25.8 Å². The molecule has 0 radical (unpaired) electrons. The Hall–Kier alpha value is -0.800. The highest BCUT2D eigenvalue weighted by Gasteiger charge is 2.01. The topological polar surface area (TPSA) is 21.3 Å². The lowest BCUT2D eigenvalue weighted by atomic mass is 10.1. The summed E-state index contributed by atoms with van der Waals surface area (Å²) in [5.74, 6) is 0.882. The fourth-order valence-electron chi connectivity index (χ4n) is 1.81. The van der Waals surface area contributed by atoms with E-state index in [1.165, 1.54) is 11.1 Å². The highest BCUT2D eigenvalue weighted by atomic mass is 79.9. The van der Waals surface area contributed by atoms with E-state index in [4.69, 9.17) is 4.74 Å². The molecule has 0 heterocycles.